The molecule has 15 heavy (non-hydrogen) atoms. The summed E-state index contributed by atoms with van der Waals surface area (Å²) >= 11 is 0. The van der Waals surface area contributed by atoms with Crippen LogP contribution < -0.4 is 0 Å². The highest BCUT2D eigenvalue weighted by Gasteiger charge is 2.14. The summed E-state index contributed by atoms with van der Waals surface area (Å²) in [6.45, 7) is 0. The molecule has 0 unspecified atom stereocenters. The summed E-state index contributed by atoms with van der Waals surface area (Å²) in [7, 11) is 0. The third kappa shape index (κ3) is 2.29. The molecule has 0 atom stereocenters. The van der Waals surface area contributed by atoms with E-state index < -0.39 is 11.6 Å². The fourth-order valence-corrected chi connectivity index (χ4v) is 1.72. The minimum atomic E-state index is -0.448. The summed E-state index contributed by atoms with van der Waals surface area (Å²) in [6.07, 6.45) is 3.01. The smallest absolute Gasteiger partial charge is 0.155 e. The first kappa shape index (κ1) is 10.0. The number of allylic oxidation sites excluding steroid dienone is 2. The van der Waals surface area contributed by atoms with Gasteiger partial charge in [0.15, 0.2) is 5.78 Å². The lowest BCUT2D eigenvalue weighted by Crippen LogP contribution is -1.93. The first-order valence-corrected chi connectivity index (χ1v) is 4.81. The number of benzene rings is 1. The van der Waals surface area contributed by atoms with E-state index >= 15 is 0 Å². The second kappa shape index (κ2) is 3.93. The monoisotopic (exact) mass is 208 g/mol. The Morgan fingerprint density at radius 2 is 2.00 bits per heavy atom. The number of halogens is 2. The molecule has 1 aromatic rings. The van der Waals surface area contributed by atoms with Crippen molar-refractivity contribution < 1.29 is 13.6 Å². The molecule has 3 heteroatoms. The highest BCUT2D eigenvalue weighted by Crippen LogP contribution is 2.21. The Labute approximate surface area is 86.4 Å². The summed E-state index contributed by atoms with van der Waals surface area (Å²) in [5.74, 6) is -0.796. The maximum atomic E-state index is 13.2. The molecule has 0 spiro atoms. The lowest BCUT2D eigenvalue weighted by Gasteiger charge is -2.03. The molecule has 1 aromatic carbocycles. The molecule has 2 rings (SSSR count). The van der Waals surface area contributed by atoms with E-state index in [0.717, 1.165) is 17.7 Å². The van der Waals surface area contributed by atoms with Gasteiger partial charge in [-0.15, -0.1) is 0 Å². The first-order chi connectivity index (χ1) is 7.15. The highest BCUT2D eigenvalue weighted by atomic mass is 19.1. The summed E-state index contributed by atoms with van der Waals surface area (Å²) in [5, 5.41) is 0. The second-order valence-electron chi connectivity index (χ2n) is 3.68. The predicted molar refractivity (Wildman–Crippen MR) is 52.4 cm³/mol. The van der Waals surface area contributed by atoms with Crippen molar-refractivity contribution in [2.45, 2.75) is 19.3 Å². The van der Waals surface area contributed by atoms with Crippen LogP contribution in [0, 0.1) is 11.6 Å². The molecular formula is C12H10F2O. The third-order valence-corrected chi connectivity index (χ3v) is 2.48. The van der Waals surface area contributed by atoms with Gasteiger partial charge in [-0.1, -0.05) is 5.57 Å². The fraction of sp³-hybridized carbons (Fsp3) is 0.250. The Morgan fingerprint density at radius 1 is 1.20 bits per heavy atom. The molecule has 0 saturated heterocycles. The molecule has 1 nitrogen and oxygen atoms in total. The van der Waals surface area contributed by atoms with Gasteiger partial charge in [0, 0.05) is 6.42 Å². The molecule has 0 aliphatic heterocycles. The van der Waals surface area contributed by atoms with Crippen molar-refractivity contribution in [1.29, 1.82) is 0 Å². The van der Waals surface area contributed by atoms with Gasteiger partial charge < -0.3 is 0 Å². The first-order valence-electron chi connectivity index (χ1n) is 4.81. The van der Waals surface area contributed by atoms with Crippen LogP contribution in [0.1, 0.15) is 18.4 Å². The topological polar surface area (TPSA) is 17.1 Å². The van der Waals surface area contributed by atoms with Crippen LogP contribution in [0.3, 0.4) is 0 Å². The van der Waals surface area contributed by atoms with E-state index in [2.05, 4.69) is 0 Å². The summed E-state index contributed by atoms with van der Waals surface area (Å²) in [6, 6.07) is 3.38. The largest absolute Gasteiger partial charge is 0.295 e. The van der Waals surface area contributed by atoms with Crippen molar-refractivity contribution in [3.05, 3.63) is 47.0 Å². The molecule has 0 bridgehead atoms. The standard InChI is InChI=1S/C12H10F2O/c13-10-2-4-12(14)9(7-10)5-8-1-3-11(15)6-8/h2,4,6-7H,1,3,5H2. The summed E-state index contributed by atoms with van der Waals surface area (Å²) < 4.78 is 26.1. The highest BCUT2D eigenvalue weighted by molar-refractivity contribution is 5.93. The normalized spacial score (nSPS) is 15.6. The van der Waals surface area contributed by atoms with Crippen molar-refractivity contribution in [3.63, 3.8) is 0 Å². The third-order valence-electron chi connectivity index (χ3n) is 2.48. The molecule has 0 radical (unpaired) electrons. The molecule has 0 amide bonds. The van der Waals surface area contributed by atoms with Gasteiger partial charge in [0.25, 0.3) is 0 Å². The fourth-order valence-electron chi connectivity index (χ4n) is 1.72. The zero-order valence-electron chi connectivity index (χ0n) is 8.09. The average Bonchev–Trinajstić information content (AvgIpc) is 2.58. The molecule has 1 aliphatic carbocycles. The molecule has 78 valence electrons. The van der Waals surface area contributed by atoms with E-state index in [1.165, 1.54) is 12.1 Å². The van der Waals surface area contributed by atoms with Gasteiger partial charge in [-0.05, 0) is 42.7 Å². The number of hydrogen-bond donors (Lipinski definition) is 0. The van der Waals surface area contributed by atoms with Gasteiger partial charge >= 0.3 is 0 Å². The van der Waals surface area contributed by atoms with E-state index in [9.17, 15) is 13.6 Å². The summed E-state index contributed by atoms with van der Waals surface area (Å²) in [5.41, 5.74) is 1.19. The molecule has 0 fully saturated rings. The van der Waals surface area contributed by atoms with E-state index in [-0.39, 0.29) is 5.78 Å². The number of ketones is 1. The SMILES string of the molecule is O=C1C=C(Cc2cc(F)ccc2F)CC1. The minimum absolute atomic E-state index is 0.0711. The van der Waals surface area contributed by atoms with Crippen LogP contribution in [-0.2, 0) is 11.2 Å². The second-order valence-corrected chi connectivity index (χ2v) is 3.68. The van der Waals surface area contributed by atoms with Gasteiger partial charge in [-0.2, -0.15) is 0 Å². The Kier molecular flexibility index (Phi) is 2.62. The van der Waals surface area contributed by atoms with E-state index in [0.29, 0.717) is 24.8 Å². The van der Waals surface area contributed by atoms with Crippen molar-refractivity contribution in [2.24, 2.45) is 0 Å². The number of carbonyl (C=O) groups is 1. The Balaban J connectivity index is 2.20. The van der Waals surface area contributed by atoms with Crippen LogP contribution in [0.5, 0.6) is 0 Å². The maximum Gasteiger partial charge on any atom is 0.155 e. The molecule has 0 saturated carbocycles. The van der Waals surface area contributed by atoms with Gasteiger partial charge in [0.05, 0.1) is 0 Å². The molecule has 1 aliphatic rings. The van der Waals surface area contributed by atoms with E-state index in [4.69, 9.17) is 0 Å². The molecule has 0 heterocycles. The minimum Gasteiger partial charge on any atom is -0.295 e. The zero-order valence-corrected chi connectivity index (χ0v) is 8.09. The lowest BCUT2D eigenvalue weighted by atomic mass is 10.0. The van der Waals surface area contributed by atoms with Crippen molar-refractivity contribution in [3.8, 4) is 0 Å². The molecule has 0 N–H and O–H groups in total. The number of carbonyl (C=O) groups excluding carboxylic acids is 1. The van der Waals surface area contributed by atoms with Crippen molar-refractivity contribution in [1.82, 2.24) is 0 Å². The Hall–Kier alpha value is -1.51. The van der Waals surface area contributed by atoms with Crippen LogP contribution in [0.4, 0.5) is 8.78 Å². The van der Waals surface area contributed by atoms with Crippen LogP contribution in [0.15, 0.2) is 29.8 Å². The van der Waals surface area contributed by atoms with E-state index in [1.54, 1.807) is 0 Å². The molecular weight excluding hydrogens is 198 g/mol. The Morgan fingerprint density at radius 3 is 2.67 bits per heavy atom. The van der Waals surface area contributed by atoms with E-state index in [1.807, 2.05) is 0 Å². The van der Waals surface area contributed by atoms with Gasteiger partial charge in [0.2, 0.25) is 0 Å². The van der Waals surface area contributed by atoms with Crippen molar-refractivity contribution >= 4 is 5.78 Å². The van der Waals surface area contributed by atoms with Gasteiger partial charge in [-0.3, -0.25) is 4.79 Å². The zero-order chi connectivity index (χ0) is 10.8. The molecule has 0 aromatic heterocycles. The van der Waals surface area contributed by atoms with Gasteiger partial charge in [0.1, 0.15) is 11.6 Å². The maximum absolute atomic E-state index is 13.2. The van der Waals surface area contributed by atoms with Crippen LogP contribution in [0.25, 0.3) is 0 Å². The predicted octanol–water partition coefficient (Wildman–Crippen LogP) is 2.80. The Bertz CT molecular complexity index is 435. The van der Waals surface area contributed by atoms with Crippen LogP contribution >= 0.6 is 0 Å². The van der Waals surface area contributed by atoms with Crippen LogP contribution in [0.2, 0.25) is 0 Å². The lowest BCUT2D eigenvalue weighted by molar-refractivity contribution is -0.114. The van der Waals surface area contributed by atoms with Gasteiger partial charge in [-0.25, -0.2) is 8.78 Å². The average molecular weight is 208 g/mol. The number of hydrogen-bond acceptors (Lipinski definition) is 1. The summed E-state index contributed by atoms with van der Waals surface area (Å²) in [4.78, 5) is 11.0. The number of rotatable bonds is 2. The quantitative estimate of drug-likeness (QED) is 0.730. The van der Waals surface area contributed by atoms with Crippen molar-refractivity contribution in [2.75, 3.05) is 0 Å². The van der Waals surface area contributed by atoms with Crippen LogP contribution in [-0.4, -0.2) is 5.78 Å².